The van der Waals surface area contributed by atoms with Crippen LogP contribution in [-0.2, 0) is 11.3 Å². The summed E-state index contributed by atoms with van der Waals surface area (Å²) in [6.07, 6.45) is -1.75. The first-order valence-electron chi connectivity index (χ1n) is 9.41. The highest BCUT2D eigenvalue weighted by molar-refractivity contribution is 5.97. The first-order chi connectivity index (χ1) is 13.4. The van der Waals surface area contributed by atoms with Crippen molar-refractivity contribution in [2.75, 3.05) is 16.4 Å². The summed E-state index contributed by atoms with van der Waals surface area (Å²) in [5, 5.41) is 14.8. The predicted molar refractivity (Wildman–Crippen MR) is 109 cm³/mol. The number of phenols is 1. The van der Waals surface area contributed by atoms with Gasteiger partial charge in [-0.1, -0.05) is 38.3 Å². The largest absolute Gasteiger partial charge is 0.508 e. The number of amides is 1. The van der Waals surface area contributed by atoms with Gasteiger partial charge in [-0.05, 0) is 42.3 Å². The first kappa shape index (κ1) is 21.5. The molecule has 0 aliphatic carbocycles. The van der Waals surface area contributed by atoms with Crippen LogP contribution in [0.1, 0.15) is 38.2 Å². The Morgan fingerprint density at radius 2 is 1.86 bits per heavy atom. The highest BCUT2D eigenvalue weighted by atomic mass is 19.2. The van der Waals surface area contributed by atoms with E-state index >= 15 is 0 Å². The molecule has 2 atom stereocenters. The van der Waals surface area contributed by atoms with Crippen molar-refractivity contribution in [3.8, 4) is 5.75 Å². The van der Waals surface area contributed by atoms with Crippen molar-refractivity contribution in [3.05, 3.63) is 48.0 Å². The van der Waals surface area contributed by atoms with E-state index in [4.69, 9.17) is 5.73 Å². The molecule has 0 fully saturated rings. The topological polar surface area (TPSA) is 87.4 Å². The minimum atomic E-state index is -2.22. The third kappa shape index (κ3) is 6.40. The molecule has 28 heavy (non-hydrogen) atoms. The third-order valence-electron chi connectivity index (χ3n) is 4.39. The summed E-state index contributed by atoms with van der Waals surface area (Å²) in [6, 6.07) is 11.6. The van der Waals surface area contributed by atoms with Crippen molar-refractivity contribution in [2.45, 2.75) is 51.5 Å². The molecule has 0 unspecified atom stereocenters. The van der Waals surface area contributed by atoms with Gasteiger partial charge in [0, 0.05) is 12.2 Å². The van der Waals surface area contributed by atoms with Gasteiger partial charge in [0.1, 0.15) is 11.9 Å². The van der Waals surface area contributed by atoms with Gasteiger partial charge in [0.05, 0.1) is 11.4 Å². The molecular formula is C21H27F2N3O2. The zero-order valence-electron chi connectivity index (χ0n) is 15.9. The van der Waals surface area contributed by atoms with Crippen molar-refractivity contribution < 1.29 is 18.7 Å². The maximum atomic E-state index is 14.0. The minimum absolute atomic E-state index is 0.0258. The van der Waals surface area contributed by atoms with E-state index in [-0.39, 0.29) is 23.5 Å². The van der Waals surface area contributed by atoms with E-state index in [9.17, 15) is 18.7 Å². The number of nitrogens with two attached hydrogens (primary N) is 1. The molecule has 0 heterocycles. The second-order valence-corrected chi connectivity index (χ2v) is 6.72. The molecule has 0 saturated carbocycles. The number of carbonyl (C=O) groups is 1. The van der Waals surface area contributed by atoms with Gasteiger partial charge in [0.15, 0.2) is 0 Å². The van der Waals surface area contributed by atoms with Crippen LogP contribution in [0.3, 0.4) is 0 Å². The Hall–Kier alpha value is -2.83. The Kier molecular flexibility index (Phi) is 8.04. The Labute approximate surface area is 163 Å². The van der Waals surface area contributed by atoms with Gasteiger partial charge in [0.2, 0.25) is 6.17 Å². The number of alkyl halides is 2. The molecule has 1 amide bonds. The summed E-state index contributed by atoms with van der Waals surface area (Å²) in [4.78, 5) is 11.9. The van der Waals surface area contributed by atoms with Crippen molar-refractivity contribution in [1.29, 1.82) is 0 Å². The molecular weight excluding hydrogens is 364 g/mol. The normalized spacial score (nSPS) is 13.0. The molecule has 0 aliphatic heterocycles. The average Bonchev–Trinajstić information content (AvgIpc) is 2.68. The maximum absolute atomic E-state index is 14.0. The molecule has 2 aromatic rings. The van der Waals surface area contributed by atoms with Gasteiger partial charge in [-0.15, -0.1) is 0 Å². The molecule has 2 rings (SSSR count). The molecule has 152 valence electrons. The molecule has 5 nitrogen and oxygen atoms in total. The summed E-state index contributed by atoms with van der Waals surface area (Å²) in [7, 11) is 0. The van der Waals surface area contributed by atoms with Crippen LogP contribution in [0.5, 0.6) is 5.75 Å². The fraction of sp³-hybridized carbons (Fsp3) is 0.381. The summed E-state index contributed by atoms with van der Waals surface area (Å²) in [5.41, 5.74) is 8.09. The monoisotopic (exact) mass is 391 g/mol. The number of benzene rings is 2. The standard InChI is InChI=1S/C21H27F2N3O2/c1-2-3-4-5-17(22)20(23)21(28)26-19-11-8-15(12-18(19)24)25-13-14-6-9-16(27)10-7-14/h6-12,17,20,25,27H,2-5,13,24H2,1H3,(H,26,28)/t17-,20-/m1/s1. The van der Waals surface area contributed by atoms with Gasteiger partial charge in [-0.2, -0.15) is 0 Å². The second-order valence-electron chi connectivity index (χ2n) is 6.72. The summed E-state index contributed by atoms with van der Waals surface area (Å²) < 4.78 is 27.8. The van der Waals surface area contributed by atoms with E-state index in [1.54, 1.807) is 42.5 Å². The number of phenolic OH excluding ortho intramolecular Hbond substituents is 1. The first-order valence-corrected chi connectivity index (χ1v) is 9.41. The maximum Gasteiger partial charge on any atom is 0.262 e. The molecule has 0 bridgehead atoms. The Balaban J connectivity index is 1.90. The molecule has 0 spiro atoms. The number of halogens is 2. The Morgan fingerprint density at radius 3 is 2.50 bits per heavy atom. The highest BCUT2D eigenvalue weighted by Gasteiger charge is 2.28. The van der Waals surface area contributed by atoms with E-state index in [0.29, 0.717) is 18.7 Å². The van der Waals surface area contributed by atoms with E-state index in [2.05, 4.69) is 10.6 Å². The number of carbonyl (C=O) groups excluding carboxylic acids is 1. The fourth-order valence-electron chi connectivity index (χ4n) is 2.71. The summed E-state index contributed by atoms with van der Waals surface area (Å²) in [5.74, 6) is -0.833. The SMILES string of the molecule is CCCCC[C@@H](F)[C@@H](F)C(=O)Nc1ccc(NCc2ccc(O)cc2)cc1N. The molecule has 5 N–H and O–H groups in total. The number of rotatable bonds is 10. The molecule has 0 saturated heterocycles. The Morgan fingerprint density at radius 1 is 1.14 bits per heavy atom. The predicted octanol–water partition coefficient (Wildman–Crippen LogP) is 4.78. The van der Waals surface area contributed by atoms with Crippen molar-refractivity contribution in [1.82, 2.24) is 0 Å². The number of hydrogen-bond donors (Lipinski definition) is 4. The smallest absolute Gasteiger partial charge is 0.262 e. The van der Waals surface area contributed by atoms with Crippen LogP contribution in [-0.4, -0.2) is 23.4 Å². The van der Waals surface area contributed by atoms with Crippen LogP contribution >= 0.6 is 0 Å². The number of nitrogen functional groups attached to an aromatic ring is 1. The number of nitrogens with one attached hydrogen (secondary N) is 2. The van der Waals surface area contributed by atoms with Crippen LogP contribution < -0.4 is 16.4 Å². The van der Waals surface area contributed by atoms with Gasteiger partial charge in [-0.3, -0.25) is 4.79 Å². The number of hydrogen-bond acceptors (Lipinski definition) is 4. The van der Waals surface area contributed by atoms with Crippen LogP contribution in [0.15, 0.2) is 42.5 Å². The summed E-state index contributed by atoms with van der Waals surface area (Å²) >= 11 is 0. The fourth-order valence-corrected chi connectivity index (χ4v) is 2.71. The third-order valence-corrected chi connectivity index (χ3v) is 4.39. The van der Waals surface area contributed by atoms with Crippen LogP contribution in [0.25, 0.3) is 0 Å². The van der Waals surface area contributed by atoms with Crippen LogP contribution in [0, 0.1) is 0 Å². The van der Waals surface area contributed by atoms with E-state index in [1.807, 2.05) is 6.92 Å². The zero-order valence-corrected chi connectivity index (χ0v) is 15.9. The lowest BCUT2D eigenvalue weighted by molar-refractivity contribution is -0.123. The minimum Gasteiger partial charge on any atom is -0.508 e. The van der Waals surface area contributed by atoms with Gasteiger partial charge in [0.25, 0.3) is 5.91 Å². The Bertz CT molecular complexity index is 769. The molecule has 2 aromatic carbocycles. The van der Waals surface area contributed by atoms with Crippen LogP contribution in [0.4, 0.5) is 25.8 Å². The average molecular weight is 391 g/mol. The van der Waals surface area contributed by atoms with E-state index < -0.39 is 18.3 Å². The second kappa shape index (κ2) is 10.5. The van der Waals surface area contributed by atoms with Crippen molar-refractivity contribution in [2.24, 2.45) is 0 Å². The lowest BCUT2D eigenvalue weighted by atomic mass is 10.1. The molecule has 7 heteroatoms. The highest BCUT2D eigenvalue weighted by Crippen LogP contribution is 2.24. The molecule has 0 aliphatic rings. The van der Waals surface area contributed by atoms with E-state index in [0.717, 1.165) is 18.4 Å². The summed E-state index contributed by atoms with van der Waals surface area (Å²) in [6.45, 7) is 2.48. The molecule has 0 radical (unpaired) electrons. The van der Waals surface area contributed by atoms with Crippen molar-refractivity contribution in [3.63, 3.8) is 0 Å². The van der Waals surface area contributed by atoms with Crippen LogP contribution in [0.2, 0.25) is 0 Å². The number of aromatic hydroxyl groups is 1. The van der Waals surface area contributed by atoms with Gasteiger partial charge < -0.3 is 21.5 Å². The van der Waals surface area contributed by atoms with Gasteiger partial charge in [-0.25, -0.2) is 8.78 Å². The molecule has 0 aromatic heterocycles. The lowest BCUT2D eigenvalue weighted by Gasteiger charge is -2.15. The van der Waals surface area contributed by atoms with E-state index in [1.165, 1.54) is 0 Å². The quantitative estimate of drug-likeness (QED) is 0.347. The van der Waals surface area contributed by atoms with Gasteiger partial charge >= 0.3 is 0 Å². The lowest BCUT2D eigenvalue weighted by Crippen LogP contribution is -2.32. The zero-order chi connectivity index (χ0) is 20.5. The number of unbranched alkanes of at least 4 members (excludes halogenated alkanes) is 2. The number of anilines is 3. The van der Waals surface area contributed by atoms with Crippen molar-refractivity contribution >= 4 is 23.0 Å².